The third-order valence-corrected chi connectivity index (χ3v) is 4.97. The van der Waals surface area contributed by atoms with Crippen molar-refractivity contribution >= 4 is 12.1 Å². The van der Waals surface area contributed by atoms with Gasteiger partial charge < -0.3 is 9.47 Å². The minimum absolute atomic E-state index is 0.320. The number of nitrogens with one attached hydrogen (secondary N) is 2. The second kappa shape index (κ2) is 10.8. The summed E-state index contributed by atoms with van der Waals surface area (Å²) < 4.78 is 10.9. The van der Waals surface area contributed by atoms with Gasteiger partial charge in [0.2, 0.25) is 0 Å². The van der Waals surface area contributed by atoms with Crippen molar-refractivity contribution in [2.24, 2.45) is 5.10 Å². The molecule has 0 fully saturated rings. The van der Waals surface area contributed by atoms with Crippen LogP contribution in [0.25, 0.3) is 11.3 Å². The molecule has 33 heavy (non-hydrogen) atoms. The summed E-state index contributed by atoms with van der Waals surface area (Å²) in [7, 11) is 1.61. The summed E-state index contributed by atoms with van der Waals surface area (Å²) in [5, 5.41) is 11.0. The minimum atomic E-state index is -0.376. The maximum absolute atomic E-state index is 12.3. The first-order valence-electron chi connectivity index (χ1n) is 10.5. The van der Waals surface area contributed by atoms with E-state index in [0.717, 1.165) is 29.0 Å². The molecule has 3 aromatic carbocycles. The molecule has 2 N–H and O–H groups in total. The zero-order valence-electron chi connectivity index (χ0n) is 18.2. The van der Waals surface area contributed by atoms with Crippen LogP contribution in [0.5, 0.6) is 11.5 Å². The number of carbonyl (C=O) groups is 1. The van der Waals surface area contributed by atoms with E-state index in [2.05, 4.69) is 32.9 Å². The van der Waals surface area contributed by atoms with Crippen molar-refractivity contribution in [1.82, 2.24) is 15.6 Å². The Kier molecular flexibility index (Phi) is 7.12. The van der Waals surface area contributed by atoms with Gasteiger partial charge >= 0.3 is 0 Å². The van der Waals surface area contributed by atoms with Crippen LogP contribution in [0, 0.1) is 0 Å². The van der Waals surface area contributed by atoms with E-state index in [1.807, 2.05) is 66.7 Å². The molecule has 4 aromatic rings. The number of hydrazone groups is 1. The highest BCUT2D eigenvalue weighted by Crippen LogP contribution is 2.21. The summed E-state index contributed by atoms with van der Waals surface area (Å²) in [6.07, 6.45) is 2.41. The Bertz CT molecular complexity index is 1200. The van der Waals surface area contributed by atoms with Crippen molar-refractivity contribution in [3.05, 3.63) is 102 Å². The molecule has 0 saturated carbocycles. The molecule has 0 radical (unpaired) electrons. The van der Waals surface area contributed by atoms with Crippen molar-refractivity contribution in [3.63, 3.8) is 0 Å². The lowest BCUT2D eigenvalue weighted by molar-refractivity contribution is 0.0950. The molecule has 7 heteroatoms. The smallest absolute Gasteiger partial charge is 0.289 e. The number of hydrogen-bond acceptors (Lipinski definition) is 5. The van der Waals surface area contributed by atoms with Crippen LogP contribution < -0.4 is 14.9 Å². The number of ether oxygens (including phenoxy) is 2. The lowest BCUT2D eigenvalue weighted by Crippen LogP contribution is -2.17. The van der Waals surface area contributed by atoms with Crippen LogP contribution in [0.2, 0.25) is 0 Å². The molecule has 0 atom stereocenters. The number of amides is 1. The highest BCUT2D eigenvalue weighted by Gasteiger charge is 2.10. The fourth-order valence-electron chi connectivity index (χ4n) is 3.15. The van der Waals surface area contributed by atoms with E-state index in [4.69, 9.17) is 9.47 Å². The van der Waals surface area contributed by atoms with Gasteiger partial charge in [0.15, 0.2) is 0 Å². The molecule has 0 aliphatic rings. The summed E-state index contributed by atoms with van der Waals surface area (Å²) in [4.78, 5) is 12.3. The number of nitrogens with zero attached hydrogens (tertiary/aromatic N) is 2. The standard InChI is InChI=1S/C26H24N4O3/c1-32-22-11-7-20(8-12-22)18-27-30-26(31)25-17-24(28-29-25)21-9-13-23(14-10-21)33-16-15-19-5-3-2-4-6-19/h2-14,17-18H,15-16H2,1H3,(H,28,29)(H,30,31)/b27-18-. The molecule has 1 heterocycles. The lowest BCUT2D eigenvalue weighted by Gasteiger charge is -2.06. The number of methoxy groups -OCH3 is 1. The SMILES string of the molecule is COc1ccc(/C=N\NC(=O)c2cc(-c3ccc(OCCc4ccccc4)cc3)n[nH]2)cc1. The third kappa shape index (κ3) is 6.07. The highest BCUT2D eigenvalue weighted by molar-refractivity contribution is 5.94. The van der Waals surface area contributed by atoms with Gasteiger partial charge in [0.05, 0.1) is 25.6 Å². The Morgan fingerprint density at radius 2 is 1.73 bits per heavy atom. The van der Waals surface area contributed by atoms with Gasteiger partial charge in [-0.15, -0.1) is 0 Å². The molecule has 166 valence electrons. The molecular weight excluding hydrogens is 416 g/mol. The first kappa shape index (κ1) is 21.8. The average molecular weight is 441 g/mol. The summed E-state index contributed by atoms with van der Waals surface area (Å²) in [5.41, 5.74) is 6.43. The second-order valence-electron chi connectivity index (χ2n) is 7.25. The predicted molar refractivity (Wildman–Crippen MR) is 128 cm³/mol. The molecule has 0 aliphatic carbocycles. The van der Waals surface area contributed by atoms with Crippen molar-refractivity contribution in [3.8, 4) is 22.8 Å². The van der Waals surface area contributed by atoms with Crippen molar-refractivity contribution in [2.75, 3.05) is 13.7 Å². The van der Waals surface area contributed by atoms with Crippen LogP contribution in [0.4, 0.5) is 0 Å². The quantitative estimate of drug-likeness (QED) is 0.297. The molecule has 4 rings (SSSR count). The van der Waals surface area contributed by atoms with Gasteiger partial charge in [-0.3, -0.25) is 9.89 Å². The van der Waals surface area contributed by atoms with E-state index in [-0.39, 0.29) is 5.91 Å². The van der Waals surface area contributed by atoms with Gasteiger partial charge in [-0.1, -0.05) is 30.3 Å². The van der Waals surface area contributed by atoms with Crippen LogP contribution >= 0.6 is 0 Å². The van der Waals surface area contributed by atoms with Gasteiger partial charge in [-0.2, -0.15) is 10.2 Å². The fourth-order valence-corrected chi connectivity index (χ4v) is 3.15. The van der Waals surface area contributed by atoms with Gasteiger partial charge in [-0.25, -0.2) is 5.43 Å². The molecule has 0 saturated heterocycles. The summed E-state index contributed by atoms with van der Waals surface area (Å²) in [6, 6.07) is 26.9. The summed E-state index contributed by atoms with van der Waals surface area (Å²) >= 11 is 0. The number of H-pyrrole nitrogens is 1. The molecule has 1 aromatic heterocycles. The van der Waals surface area contributed by atoms with Crippen LogP contribution in [0.15, 0.2) is 90.0 Å². The Hall–Kier alpha value is -4.39. The normalized spacial score (nSPS) is 10.8. The molecule has 7 nitrogen and oxygen atoms in total. The molecule has 1 amide bonds. The lowest BCUT2D eigenvalue weighted by atomic mass is 10.1. The number of aromatic amines is 1. The Morgan fingerprint density at radius 3 is 2.45 bits per heavy atom. The van der Waals surface area contributed by atoms with E-state index in [1.165, 1.54) is 5.56 Å². The topological polar surface area (TPSA) is 88.6 Å². The fraction of sp³-hybridized carbons (Fsp3) is 0.115. The molecule has 0 bridgehead atoms. The maximum Gasteiger partial charge on any atom is 0.289 e. The number of hydrogen-bond donors (Lipinski definition) is 2. The van der Waals surface area contributed by atoms with Crippen LogP contribution in [0.1, 0.15) is 21.6 Å². The van der Waals surface area contributed by atoms with E-state index in [0.29, 0.717) is 18.0 Å². The van der Waals surface area contributed by atoms with Crippen LogP contribution in [-0.4, -0.2) is 36.0 Å². The number of carbonyl (C=O) groups excluding carboxylic acids is 1. The first-order chi connectivity index (χ1) is 16.2. The van der Waals surface area contributed by atoms with Gasteiger partial charge in [0, 0.05) is 12.0 Å². The number of aromatic nitrogens is 2. The second-order valence-corrected chi connectivity index (χ2v) is 7.25. The monoisotopic (exact) mass is 440 g/mol. The average Bonchev–Trinajstić information content (AvgIpc) is 3.36. The highest BCUT2D eigenvalue weighted by atomic mass is 16.5. The zero-order chi connectivity index (χ0) is 22.9. The Morgan fingerprint density at radius 1 is 1.00 bits per heavy atom. The zero-order valence-corrected chi connectivity index (χ0v) is 18.2. The molecule has 0 spiro atoms. The van der Waals surface area contributed by atoms with Gasteiger partial charge in [0.1, 0.15) is 17.2 Å². The number of benzene rings is 3. The summed E-state index contributed by atoms with van der Waals surface area (Å²) in [6.45, 7) is 0.604. The van der Waals surface area contributed by atoms with E-state index in [1.54, 1.807) is 19.4 Å². The Labute approximate surface area is 192 Å². The van der Waals surface area contributed by atoms with Crippen molar-refractivity contribution < 1.29 is 14.3 Å². The molecular formula is C26H24N4O3. The van der Waals surface area contributed by atoms with E-state index in [9.17, 15) is 4.79 Å². The minimum Gasteiger partial charge on any atom is -0.497 e. The Balaban J connectivity index is 1.29. The molecule has 0 unspecified atom stereocenters. The van der Waals surface area contributed by atoms with E-state index < -0.39 is 0 Å². The summed E-state index contributed by atoms with van der Waals surface area (Å²) in [5.74, 6) is 1.17. The van der Waals surface area contributed by atoms with Gasteiger partial charge in [0.25, 0.3) is 5.91 Å². The third-order valence-electron chi connectivity index (χ3n) is 4.97. The van der Waals surface area contributed by atoms with Crippen molar-refractivity contribution in [2.45, 2.75) is 6.42 Å². The van der Waals surface area contributed by atoms with E-state index >= 15 is 0 Å². The predicted octanol–water partition coefficient (Wildman–Crippen LogP) is 4.47. The van der Waals surface area contributed by atoms with Crippen molar-refractivity contribution in [1.29, 1.82) is 0 Å². The maximum atomic E-state index is 12.3. The van der Waals surface area contributed by atoms with Gasteiger partial charge in [-0.05, 0) is 65.7 Å². The first-order valence-corrected chi connectivity index (χ1v) is 10.5. The number of rotatable bonds is 9. The van der Waals surface area contributed by atoms with Crippen LogP contribution in [-0.2, 0) is 6.42 Å². The largest absolute Gasteiger partial charge is 0.497 e. The molecule has 0 aliphatic heterocycles. The van der Waals surface area contributed by atoms with Crippen LogP contribution in [0.3, 0.4) is 0 Å².